The highest BCUT2D eigenvalue weighted by Gasteiger charge is 2.73. The number of hydrogen-bond acceptors (Lipinski definition) is 5. The van der Waals surface area contributed by atoms with Gasteiger partial charge < -0.3 is 19.8 Å². The van der Waals surface area contributed by atoms with Crippen LogP contribution in [0.15, 0.2) is 36.4 Å². The molecule has 2 fully saturated rings. The van der Waals surface area contributed by atoms with Crippen LogP contribution in [-0.2, 0) is 29.7 Å². The van der Waals surface area contributed by atoms with Crippen molar-refractivity contribution in [3.63, 3.8) is 0 Å². The van der Waals surface area contributed by atoms with Gasteiger partial charge in [-0.2, -0.15) is 0 Å². The van der Waals surface area contributed by atoms with Crippen molar-refractivity contribution >= 4 is 5.78 Å². The van der Waals surface area contributed by atoms with Crippen molar-refractivity contribution in [2.45, 2.75) is 55.8 Å². The summed E-state index contributed by atoms with van der Waals surface area (Å²) >= 11 is 0. The molecule has 1 spiro atoms. The number of carbonyl (C=O) groups excluding carboxylic acids is 1. The summed E-state index contributed by atoms with van der Waals surface area (Å²) in [4.78, 5) is 16.2. The number of nitrogens with zero attached hydrogens (tertiary/aromatic N) is 1. The number of aliphatic hydroxyl groups is 1. The summed E-state index contributed by atoms with van der Waals surface area (Å²) in [5.41, 5.74) is 2.35. The Kier molecular flexibility index (Phi) is 3.73. The molecule has 0 radical (unpaired) electrons. The van der Waals surface area contributed by atoms with Gasteiger partial charge in [-0.05, 0) is 56.0 Å². The first-order valence-corrected chi connectivity index (χ1v) is 11.0. The van der Waals surface area contributed by atoms with Crippen LogP contribution in [0.2, 0.25) is 0 Å². The number of phenols is 1. The van der Waals surface area contributed by atoms with Crippen molar-refractivity contribution in [1.29, 1.82) is 0 Å². The third kappa shape index (κ3) is 2.02. The molecule has 4 atom stereocenters. The van der Waals surface area contributed by atoms with Crippen molar-refractivity contribution in [2.24, 2.45) is 5.92 Å². The number of likely N-dealkylation sites (N-methyl/N-ethyl adjacent to an activating group) is 1. The summed E-state index contributed by atoms with van der Waals surface area (Å²) in [6, 6.07) is 12.4. The number of hydrogen-bond donors (Lipinski definition) is 2. The van der Waals surface area contributed by atoms with E-state index in [0.29, 0.717) is 36.1 Å². The maximum Gasteiger partial charge on any atom is 0.181 e. The zero-order chi connectivity index (χ0) is 20.7. The Morgan fingerprint density at radius 3 is 2.83 bits per heavy atom. The van der Waals surface area contributed by atoms with Crippen LogP contribution in [0.5, 0.6) is 11.5 Å². The number of benzene rings is 2. The van der Waals surface area contributed by atoms with Crippen LogP contribution < -0.4 is 4.74 Å². The Bertz CT molecular complexity index is 1050. The maximum atomic E-state index is 13.7. The molecule has 1 saturated heterocycles. The Hall–Kier alpha value is -2.37. The molecule has 1 unspecified atom stereocenters. The van der Waals surface area contributed by atoms with Gasteiger partial charge >= 0.3 is 0 Å². The van der Waals surface area contributed by atoms with Crippen LogP contribution in [0.3, 0.4) is 0 Å². The van der Waals surface area contributed by atoms with Crippen LogP contribution >= 0.6 is 0 Å². The number of rotatable bonds is 3. The first-order valence-electron chi connectivity index (χ1n) is 11.0. The lowest BCUT2D eigenvalue weighted by Gasteiger charge is -2.61. The third-order valence-electron chi connectivity index (χ3n) is 8.41. The van der Waals surface area contributed by atoms with Gasteiger partial charge in [0.2, 0.25) is 0 Å². The summed E-state index contributed by atoms with van der Waals surface area (Å²) in [6.45, 7) is 0.668. The number of ether oxygens (including phenoxy) is 1. The number of piperidine rings is 1. The molecule has 5 heteroatoms. The van der Waals surface area contributed by atoms with E-state index < -0.39 is 11.0 Å². The zero-order valence-electron chi connectivity index (χ0n) is 17.2. The van der Waals surface area contributed by atoms with Crippen molar-refractivity contribution < 1.29 is 19.7 Å². The van der Waals surface area contributed by atoms with Gasteiger partial charge in [0.25, 0.3) is 0 Å². The first kappa shape index (κ1) is 18.4. The average Bonchev–Trinajstić information content (AvgIpc) is 3.05. The summed E-state index contributed by atoms with van der Waals surface area (Å²) in [5.74, 6) is 0.942. The lowest BCUT2D eigenvalue weighted by atomic mass is 9.46. The Morgan fingerprint density at radius 1 is 1.27 bits per heavy atom. The first-order chi connectivity index (χ1) is 14.5. The van der Waals surface area contributed by atoms with Crippen LogP contribution in [0.4, 0.5) is 0 Å². The largest absolute Gasteiger partial charge is 0.504 e. The monoisotopic (exact) mass is 405 g/mol. The Labute approximate surface area is 176 Å². The summed E-state index contributed by atoms with van der Waals surface area (Å²) in [5, 5.41) is 20.9. The predicted molar refractivity (Wildman–Crippen MR) is 112 cm³/mol. The number of ketones is 1. The molecule has 2 aromatic carbocycles. The molecule has 2 aromatic rings. The molecule has 1 saturated carbocycles. The number of Topliss-reactive ketones (excluding diaryl/α,β-unsaturated/α-hetero) is 1. The minimum absolute atomic E-state index is 0.0105. The van der Waals surface area contributed by atoms with Crippen LogP contribution in [0.25, 0.3) is 0 Å². The van der Waals surface area contributed by atoms with Gasteiger partial charge in [-0.3, -0.25) is 4.79 Å². The second-order valence-corrected chi connectivity index (χ2v) is 9.54. The number of carbonyl (C=O) groups is 1. The fraction of sp³-hybridized carbons (Fsp3) is 0.480. The van der Waals surface area contributed by atoms with Gasteiger partial charge in [0.1, 0.15) is 0 Å². The average molecular weight is 405 g/mol. The predicted octanol–water partition coefficient (Wildman–Crippen LogP) is 2.74. The summed E-state index contributed by atoms with van der Waals surface area (Å²) in [6.07, 6.45) is 3.62. The molecular formula is C25H27NO4. The number of aromatic hydroxyl groups is 1. The molecule has 156 valence electrons. The van der Waals surface area contributed by atoms with E-state index in [1.54, 1.807) is 0 Å². The quantitative estimate of drug-likeness (QED) is 0.822. The topological polar surface area (TPSA) is 70.0 Å². The second-order valence-electron chi connectivity index (χ2n) is 9.54. The highest BCUT2D eigenvalue weighted by atomic mass is 16.5. The summed E-state index contributed by atoms with van der Waals surface area (Å²) < 4.78 is 6.66. The molecule has 2 aliphatic carbocycles. The normalized spacial score (nSPS) is 33.9. The molecular weight excluding hydrogens is 378 g/mol. The van der Waals surface area contributed by atoms with E-state index in [1.165, 1.54) is 0 Å². The SMILES string of the molecule is CN1CC[C@]23c4c5cc(CO)c(O)c4OC2(Cc2ccccc2)C(=O)CC[C@H]3[C@H]1C5. The minimum atomic E-state index is -0.986. The number of aliphatic hydroxyl groups excluding tert-OH is 1. The molecule has 30 heavy (non-hydrogen) atoms. The highest BCUT2D eigenvalue weighted by molar-refractivity contribution is 5.94. The standard InChI is InChI=1S/C25H27NO4/c1-26-10-9-24-18-7-8-20(28)25(24,13-15-5-3-2-4-6-15)30-23-21(24)16(12-19(18)26)11-17(14-27)22(23)29/h2-6,11,18-19,27,29H,7-10,12-14H2,1H3/t18-,19+,24-,25?/m0/s1. The zero-order valence-corrected chi connectivity index (χ0v) is 17.2. The maximum absolute atomic E-state index is 13.7. The number of likely N-dealkylation sites (tertiary alicyclic amines) is 1. The van der Waals surface area contributed by atoms with E-state index in [2.05, 4.69) is 24.1 Å². The highest BCUT2D eigenvalue weighted by Crippen LogP contribution is 2.68. The van der Waals surface area contributed by atoms with Crippen LogP contribution in [-0.4, -0.2) is 46.1 Å². The van der Waals surface area contributed by atoms with Crippen molar-refractivity contribution in [1.82, 2.24) is 4.90 Å². The molecule has 2 N–H and O–H groups in total. The molecule has 2 aliphatic heterocycles. The molecule has 0 aromatic heterocycles. The fourth-order valence-corrected chi connectivity index (χ4v) is 7.18. The molecule has 6 rings (SSSR count). The smallest absolute Gasteiger partial charge is 0.181 e. The van der Waals surface area contributed by atoms with Gasteiger partial charge in [-0.15, -0.1) is 0 Å². The van der Waals surface area contributed by atoms with Crippen molar-refractivity contribution in [3.8, 4) is 11.5 Å². The van der Waals surface area contributed by atoms with Gasteiger partial charge in [0.05, 0.1) is 12.0 Å². The van der Waals surface area contributed by atoms with E-state index >= 15 is 0 Å². The van der Waals surface area contributed by atoms with Gasteiger partial charge in [0.15, 0.2) is 22.9 Å². The van der Waals surface area contributed by atoms with Crippen LogP contribution in [0, 0.1) is 5.92 Å². The van der Waals surface area contributed by atoms with E-state index in [0.717, 1.165) is 42.5 Å². The van der Waals surface area contributed by atoms with E-state index in [9.17, 15) is 15.0 Å². The second kappa shape index (κ2) is 6.08. The van der Waals surface area contributed by atoms with E-state index in [-0.39, 0.29) is 18.1 Å². The molecule has 2 heterocycles. The van der Waals surface area contributed by atoms with Crippen molar-refractivity contribution in [2.75, 3.05) is 13.6 Å². The van der Waals surface area contributed by atoms with Gasteiger partial charge in [0, 0.05) is 30.0 Å². The molecule has 2 bridgehead atoms. The Balaban J connectivity index is 1.65. The minimum Gasteiger partial charge on any atom is -0.504 e. The molecule has 0 amide bonds. The lowest BCUT2D eigenvalue weighted by Crippen LogP contribution is -2.72. The third-order valence-corrected chi connectivity index (χ3v) is 8.41. The van der Waals surface area contributed by atoms with E-state index in [4.69, 9.17) is 4.74 Å². The van der Waals surface area contributed by atoms with Crippen LogP contribution in [0.1, 0.15) is 41.5 Å². The summed E-state index contributed by atoms with van der Waals surface area (Å²) in [7, 11) is 2.18. The van der Waals surface area contributed by atoms with Crippen molar-refractivity contribution in [3.05, 3.63) is 58.7 Å². The fourth-order valence-electron chi connectivity index (χ4n) is 7.18. The van der Waals surface area contributed by atoms with E-state index in [1.807, 2.05) is 24.3 Å². The van der Waals surface area contributed by atoms with Gasteiger partial charge in [-0.1, -0.05) is 30.3 Å². The molecule has 4 aliphatic rings. The Morgan fingerprint density at radius 2 is 2.07 bits per heavy atom. The molecule has 5 nitrogen and oxygen atoms in total. The lowest BCUT2D eigenvalue weighted by molar-refractivity contribution is -0.156. The van der Waals surface area contributed by atoms with Gasteiger partial charge in [-0.25, -0.2) is 0 Å².